The minimum Gasteiger partial charge on any atom is -0.313 e. The summed E-state index contributed by atoms with van der Waals surface area (Å²) in [5.41, 5.74) is 6.85. The number of nitrogens with two attached hydrogens (primary N) is 1. The fraction of sp³-hybridized carbons (Fsp3) is 0.588. The van der Waals surface area contributed by atoms with Crippen molar-refractivity contribution in [2.75, 3.05) is 19.6 Å². The van der Waals surface area contributed by atoms with Crippen LogP contribution < -0.4 is 5.73 Å². The molecule has 1 heterocycles. The summed E-state index contributed by atoms with van der Waals surface area (Å²) in [4.78, 5) is 2.51. The third-order valence-corrected chi connectivity index (χ3v) is 4.49. The zero-order chi connectivity index (χ0) is 14.4. The van der Waals surface area contributed by atoms with Gasteiger partial charge in [0.1, 0.15) is 5.54 Å². The molecule has 2 rings (SSSR count). The van der Waals surface area contributed by atoms with Crippen molar-refractivity contribution in [3.05, 3.63) is 35.9 Å². The zero-order valence-electron chi connectivity index (χ0n) is 12.4. The molecule has 20 heavy (non-hydrogen) atoms. The van der Waals surface area contributed by atoms with E-state index in [1.54, 1.807) is 0 Å². The fourth-order valence-electron chi connectivity index (χ4n) is 2.96. The second kappa shape index (κ2) is 6.88. The van der Waals surface area contributed by atoms with Gasteiger partial charge in [0.05, 0.1) is 6.07 Å². The molecule has 1 aromatic rings. The molecular weight excluding hydrogens is 246 g/mol. The number of likely N-dealkylation sites (tertiary alicyclic amines) is 1. The van der Waals surface area contributed by atoms with Crippen LogP contribution >= 0.6 is 0 Å². The molecule has 2 unspecified atom stereocenters. The van der Waals surface area contributed by atoms with Gasteiger partial charge in [-0.2, -0.15) is 5.26 Å². The van der Waals surface area contributed by atoms with Crippen LogP contribution in [0.15, 0.2) is 30.3 Å². The van der Waals surface area contributed by atoms with Gasteiger partial charge in [-0.15, -0.1) is 0 Å². The average molecular weight is 271 g/mol. The molecular formula is C17H25N3. The van der Waals surface area contributed by atoms with Gasteiger partial charge >= 0.3 is 0 Å². The van der Waals surface area contributed by atoms with Crippen molar-refractivity contribution in [2.24, 2.45) is 5.73 Å². The lowest BCUT2D eigenvalue weighted by molar-refractivity contribution is 0.311. The van der Waals surface area contributed by atoms with Gasteiger partial charge in [-0.1, -0.05) is 37.3 Å². The molecule has 1 aromatic carbocycles. The first-order chi connectivity index (χ1) is 9.67. The normalized spacial score (nSPS) is 22.4. The molecule has 1 saturated heterocycles. The minimum absolute atomic E-state index is 0.626. The van der Waals surface area contributed by atoms with Crippen LogP contribution in [0.25, 0.3) is 0 Å². The Bertz CT molecular complexity index is 451. The van der Waals surface area contributed by atoms with Gasteiger partial charge in [0.2, 0.25) is 0 Å². The van der Waals surface area contributed by atoms with Crippen molar-refractivity contribution in [2.45, 2.75) is 44.1 Å². The molecule has 108 valence electrons. The number of hydrogen-bond acceptors (Lipinski definition) is 3. The molecule has 0 aromatic heterocycles. The van der Waals surface area contributed by atoms with E-state index in [1.807, 2.05) is 6.92 Å². The van der Waals surface area contributed by atoms with Gasteiger partial charge < -0.3 is 10.6 Å². The second-order valence-electron chi connectivity index (χ2n) is 5.92. The number of rotatable bonds is 6. The topological polar surface area (TPSA) is 53.1 Å². The summed E-state index contributed by atoms with van der Waals surface area (Å²) in [6.07, 6.45) is 3.78. The monoisotopic (exact) mass is 271 g/mol. The van der Waals surface area contributed by atoms with Crippen LogP contribution in [0.2, 0.25) is 0 Å². The van der Waals surface area contributed by atoms with Crippen LogP contribution in [-0.2, 0) is 0 Å². The number of nitriles is 1. The third kappa shape index (κ3) is 3.82. The Morgan fingerprint density at radius 2 is 2.15 bits per heavy atom. The van der Waals surface area contributed by atoms with Crippen molar-refractivity contribution in [1.29, 1.82) is 5.26 Å². The van der Waals surface area contributed by atoms with E-state index in [1.165, 1.54) is 12.0 Å². The largest absolute Gasteiger partial charge is 0.313 e. The Balaban J connectivity index is 1.76. The van der Waals surface area contributed by atoms with Crippen LogP contribution in [0.4, 0.5) is 0 Å². The third-order valence-electron chi connectivity index (χ3n) is 4.49. The van der Waals surface area contributed by atoms with Gasteiger partial charge in [0.25, 0.3) is 0 Å². The summed E-state index contributed by atoms with van der Waals surface area (Å²) in [6, 6.07) is 13.0. The lowest BCUT2D eigenvalue weighted by atomic mass is 9.93. The number of benzene rings is 1. The predicted molar refractivity (Wildman–Crippen MR) is 82.3 cm³/mol. The lowest BCUT2D eigenvalue weighted by Crippen LogP contribution is -2.38. The summed E-state index contributed by atoms with van der Waals surface area (Å²) in [5, 5.41) is 9.08. The van der Waals surface area contributed by atoms with E-state index in [9.17, 15) is 0 Å². The van der Waals surface area contributed by atoms with Crippen molar-refractivity contribution in [3.8, 4) is 6.07 Å². The summed E-state index contributed by atoms with van der Waals surface area (Å²) in [6.45, 7) is 5.35. The molecule has 0 bridgehead atoms. The molecule has 0 aliphatic carbocycles. The lowest BCUT2D eigenvalue weighted by Gasteiger charge is -2.21. The Labute approximate surface area is 122 Å². The van der Waals surface area contributed by atoms with Crippen LogP contribution in [0.3, 0.4) is 0 Å². The second-order valence-corrected chi connectivity index (χ2v) is 5.92. The first-order valence-electron chi connectivity index (χ1n) is 7.64. The molecule has 3 nitrogen and oxygen atoms in total. The molecule has 1 fully saturated rings. The summed E-state index contributed by atoms with van der Waals surface area (Å²) >= 11 is 0. The van der Waals surface area contributed by atoms with Crippen LogP contribution in [0, 0.1) is 11.3 Å². The van der Waals surface area contributed by atoms with Gasteiger partial charge in [0.15, 0.2) is 0 Å². The van der Waals surface area contributed by atoms with Crippen molar-refractivity contribution in [3.63, 3.8) is 0 Å². The summed E-state index contributed by atoms with van der Waals surface area (Å²) in [5.74, 6) is 0.668. The highest BCUT2D eigenvalue weighted by Crippen LogP contribution is 2.27. The van der Waals surface area contributed by atoms with Crippen LogP contribution in [-0.4, -0.2) is 30.1 Å². The maximum absolute atomic E-state index is 9.08. The average Bonchev–Trinajstić information content (AvgIpc) is 2.97. The standard InChI is InChI=1S/C17H25N3/c1-2-17(19,14-18)10-6-11-20-12-9-16(13-20)15-7-4-3-5-8-15/h3-5,7-8,16H,2,6,9-13,19H2,1H3. The molecule has 2 atom stereocenters. The van der Waals surface area contributed by atoms with Crippen molar-refractivity contribution < 1.29 is 0 Å². The highest BCUT2D eigenvalue weighted by atomic mass is 15.1. The predicted octanol–water partition coefficient (Wildman–Crippen LogP) is 2.89. The quantitative estimate of drug-likeness (QED) is 0.865. The van der Waals surface area contributed by atoms with Gasteiger partial charge in [-0.05, 0) is 50.3 Å². The van der Waals surface area contributed by atoms with E-state index in [2.05, 4.69) is 41.3 Å². The van der Waals surface area contributed by atoms with Gasteiger partial charge in [-0.25, -0.2) is 0 Å². The molecule has 3 heteroatoms. The van der Waals surface area contributed by atoms with E-state index in [-0.39, 0.29) is 0 Å². The molecule has 2 N–H and O–H groups in total. The van der Waals surface area contributed by atoms with E-state index in [0.717, 1.165) is 38.9 Å². The highest BCUT2D eigenvalue weighted by Gasteiger charge is 2.25. The Morgan fingerprint density at radius 3 is 2.80 bits per heavy atom. The zero-order valence-corrected chi connectivity index (χ0v) is 12.4. The first-order valence-corrected chi connectivity index (χ1v) is 7.64. The molecule has 0 amide bonds. The van der Waals surface area contributed by atoms with Gasteiger partial charge in [-0.3, -0.25) is 0 Å². The number of nitrogens with zero attached hydrogens (tertiary/aromatic N) is 2. The maximum atomic E-state index is 9.08. The molecule has 0 spiro atoms. The Kier molecular flexibility index (Phi) is 5.17. The van der Waals surface area contributed by atoms with Crippen molar-refractivity contribution in [1.82, 2.24) is 4.90 Å². The molecule has 0 saturated carbocycles. The Hall–Kier alpha value is -1.37. The van der Waals surface area contributed by atoms with Crippen molar-refractivity contribution >= 4 is 0 Å². The van der Waals surface area contributed by atoms with Crippen LogP contribution in [0.1, 0.15) is 44.1 Å². The van der Waals surface area contributed by atoms with E-state index in [0.29, 0.717) is 5.92 Å². The fourth-order valence-corrected chi connectivity index (χ4v) is 2.96. The summed E-state index contributed by atoms with van der Waals surface area (Å²) < 4.78 is 0. The first kappa shape index (κ1) is 15.0. The van der Waals surface area contributed by atoms with Gasteiger partial charge in [0, 0.05) is 6.54 Å². The molecule has 1 aliphatic heterocycles. The summed E-state index contributed by atoms with van der Waals surface area (Å²) in [7, 11) is 0. The number of hydrogen-bond donors (Lipinski definition) is 1. The van der Waals surface area contributed by atoms with Crippen LogP contribution in [0.5, 0.6) is 0 Å². The molecule has 0 radical (unpaired) electrons. The van der Waals surface area contributed by atoms with E-state index < -0.39 is 5.54 Å². The maximum Gasteiger partial charge on any atom is 0.104 e. The SMILES string of the molecule is CCC(N)(C#N)CCCN1CCC(c2ccccc2)C1. The highest BCUT2D eigenvalue weighted by molar-refractivity contribution is 5.21. The Morgan fingerprint density at radius 1 is 1.40 bits per heavy atom. The smallest absolute Gasteiger partial charge is 0.104 e. The minimum atomic E-state index is -0.626. The molecule has 1 aliphatic rings. The van der Waals surface area contributed by atoms with E-state index >= 15 is 0 Å². The van der Waals surface area contributed by atoms with E-state index in [4.69, 9.17) is 11.0 Å².